The van der Waals surface area contributed by atoms with E-state index in [1.54, 1.807) is 6.07 Å². The largest absolute Gasteiger partial charge is 0.416 e. The van der Waals surface area contributed by atoms with Crippen molar-refractivity contribution in [2.45, 2.75) is 24.4 Å². The number of aromatic amines is 1. The molecule has 1 aliphatic rings. The SMILES string of the molecule is N#CC1(c2cc(F)cc(C(F)(F)F)c2)CCN(C(=O)Nc2n[nH]c3ccccc23)CC1. The number of nitrogens with one attached hydrogen (secondary N) is 2. The Bertz CT molecular complexity index is 1170. The molecular weight excluding hydrogens is 414 g/mol. The molecule has 2 heterocycles. The highest BCUT2D eigenvalue weighted by molar-refractivity contribution is 5.98. The molecular formula is C21H17F4N5O. The number of carbonyl (C=O) groups excluding carboxylic acids is 1. The first-order valence-corrected chi connectivity index (χ1v) is 9.50. The van der Waals surface area contributed by atoms with Crippen LogP contribution in [-0.2, 0) is 11.6 Å². The molecule has 31 heavy (non-hydrogen) atoms. The van der Waals surface area contributed by atoms with E-state index in [0.717, 1.165) is 23.0 Å². The molecule has 0 atom stereocenters. The van der Waals surface area contributed by atoms with E-state index in [1.165, 1.54) is 4.90 Å². The van der Waals surface area contributed by atoms with Crippen molar-refractivity contribution >= 4 is 22.8 Å². The maximum Gasteiger partial charge on any atom is 0.416 e. The number of carbonyl (C=O) groups is 1. The molecule has 1 aromatic heterocycles. The molecule has 0 spiro atoms. The van der Waals surface area contributed by atoms with Gasteiger partial charge in [-0.1, -0.05) is 12.1 Å². The highest BCUT2D eigenvalue weighted by Crippen LogP contribution is 2.39. The standard InChI is InChI=1S/C21H17F4N5O/c22-15-10-13(9-14(11-15)21(23,24)25)20(12-26)5-7-30(8-6-20)19(31)27-18-16-3-1-2-4-17(16)28-29-18/h1-4,9-11H,5-8H2,(H2,27,28,29,31). The molecule has 1 saturated heterocycles. The van der Waals surface area contributed by atoms with Gasteiger partial charge in [-0.2, -0.15) is 23.5 Å². The minimum atomic E-state index is -4.72. The molecule has 6 nitrogen and oxygen atoms in total. The molecule has 0 radical (unpaired) electrons. The summed E-state index contributed by atoms with van der Waals surface area (Å²) in [7, 11) is 0. The second kappa shape index (κ2) is 7.58. The monoisotopic (exact) mass is 431 g/mol. The van der Waals surface area contributed by atoms with Crippen LogP contribution in [0.15, 0.2) is 42.5 Å². The number of piperidine rings is 1. The topological polar surface area (TPSA) is 84.8 Å². The summed E-state index contributed by atoms with van der Waals surface area (Å²) in [5.74, 6) is -0.692. The number of nitriles is 1. The van der Waals surface area contributed by atoms with Gasteiger partial charge < -0.3 is 4.90 Å². The number of halogens is 4. The summed E-state index contributed by atoms with van der Waals surface area (Å²) in [5, 5.41) is 20.1. The van der Waals surface area contributed by atoms with Gasteiger partial charge in [-0.15, -0.1) is 0 Å². The number of H-pyrrole nitrogens is 1. The summed E-state index contributed by atoms with van der Waals surface area (Å²) in [6.07, 6.45) is -4.56. The summed E-state index contributed by atoms with van der Waals surface area (Å²) < 4.78 is 53.1. The molecule has 160 valence electrons. The Morgan fingerprint density at radius 2 is 1.90 bits per heavy atom. The highest BCUT2D eigenvalue weighted by Gasteiger charge is 2.40. The van der Waals surface area contributed by atoms with Crippen molar-refractivity contribution in [2.75, 3.05) is 18.4 Å². The quantitative estimate of drug-likeness (QED) is 0.571. The van der Waals surface area contributed by atoms with Gasteiger partial charge in [0.15, 0.2) is 5.82 Å². The van der Waals surface area contributed by atoms with E-state index >= 15 is 0 Å². The van der Waals surface area contributed by atoms with E-state index in [9.17, 15) is 27.6 Å². The fourth-order valence-corrected chi connectivity index (χ4v) is 3.83. The number of para-hydroxylation sites is 1. The number of fused-ring (bicyclic) bond motifs is 1. The van der Waals surface area contributed by atoms with Crippen LogP contribution >= 0.6 is 0 Å². The van der Waals surface area contributed by atoms with Crippen molar-refractivity contribution in [3.8, 4) is 6.07 Å². The number of hydrogen-bond donors (Lipinski definition) is 2. The number of amides is 2. The van der Waals surface area contributed by atoms with Crippen molar-refractivity contribution < 1.29 is 22.4 Å². The summed E-state index contributed by atoms with van der Waals surface area (Å²) in [6.45, 7) is 0.249. The fourth-order valence-electron chi connectivity index (χ4n) is 3.83. The fraction of sp³-hybridized carbons (Fsp3) is 0.286. The smallest absolute Gasteiger partial charge is 0.324 e. The van der Waals surface area contributed by atoms with Crippen LogP contribution in [0.3, 0.4) is 0 Å². The Balaban J connectivity index is 1.51. The van der Waals surface area contributed by atoms with Crippen LogP contribution in [0.5, 0.6) is 0 Å². The molecule has 2 aromatic carbocycles. The average Bonchev–Trinajstić information content (AvgIpc) is 3.15. The number of hydrogen-bond acceptors (Lipinski definition) is 3. The van der Waals surface area contributed by atoms with E-state index < -0.39 is 29.0 Å². The van der Waals surface area contributed by atoms with Crippen LogP contribution in [0.1, 0.15) is 24.0 Å². The first-order valence-electron chi connectivity index (χ1n) is 9.50. The second-order valence-electron chi connectivity index (χ2n) is 7.46. The third-order valence-corrected chi connectivity index (χ3v) is 5.59. The Hall–Kier alpha value is -3.61. The molecule has 10 heteroatoms. The minimum Gasteiger partial charge on any atom is -0.324 e. The second-order valence-corrected chi connectivity index (χ2v) is 7.46. The van der Waals surface area contributed by atoms with Crippen LogP contribution in [-0.4, -0.2) is 34.2 Å². The van der Waals surface area contributed by atoms with Crippen LogP contribution in [0, 0.1) is 17.1 Å². The van der Waals surface area contributed by atoms with Crippen molar-refractivity contribution in [1.29, 1.82) is 5.26 Å². The molecule has 1 fully saturated rings. The van der Waals surface area contributed by atoms with Crippen LogP contribution in [0.4, 0.5) is 28.2 Å². The van der Waals surface area contributed by atoms with Gasteiger partial charge in [-0.05, 0) is 48.7 Å². The maximum atomic E-state index is 13.9. The first-order chi connectivity index (χ1) is 14.7. The Morgan fingerprint density at radius 3 is 2.58 bits per heavy atom. The molecule has 2 N–H and O–H groups in total. The molecule has 0 aliphatic carbocycles. The van der Waals surface area contributed by atoms with Crippen molar-refractivity contribution in [3.63, 3.8) is 0 Å². The molecule has 1 aliphatic heterocycles. The predicted octanol–water partition coefficient (Wildman–Crippen LogP) is 4.81. The molecule has 2 amide bonds. The minimum absolute atomic E-state index is 0.0271. The van der Waals surface area contributed by atoms with Gasteiger partial charge in [0, 0.05) is 18.5 Å². The van der Waals surface area contributed by atoms with E-state index in [1.807, 2.05) is 18.2 Å². The van der Waals surface area contributed by atoms with Gasteiger partial charge in [0.05, 0.1) is 22.6 Å². The van der Waals surface area contributed by atoms with E-state index in [2.05, 4.69) is 21.6 Å². The lowest BCUT2D eigenvalue weighted by atomic mass is 9.73. The lowest BCUT2D eigenvalue weighted by Crippen LogP contribution is -2.46. The first kappa shape index (κ1) is 20.7. The number of nitrogens with zero attached hydrogens (tertiary/aromatic N) is 3. The predicted molar refractivity (Wildman–Crippen MR) is 105 cm³/mol. The van der Waals surface area contributed by atoms with Crippen LogP contribution < -0.4 is 5.32 Å². The zero-order valence-corrected chi connectivity index (χ0v) is 16.1. The normalized spacial score (nSPS) is 16.2. The van der Waals surface area contributed by atoms with Gasteiger partial charge in [0.25, 0.3) is 0 Å². The zero-order valence-electron chi connectivity index (χ0n) is 16.1. The Morgan fingerprint density at radius 1 is 1.19 bits per heavy atom. The van der Waals surface area contributed by atoms with Gasteiger partial charge >= 0.3 is 12.2 Å². The summed E-state index contributed by atoms with van der Waals surface area (Å²) >= 11 is 0. The molecule has 0 unspecified atom stereocenters. The lowest BCUT2D eigenvalue weighted by Gasteiger charge is -2.37. The van der Waals surface area contributed by atoms with E-state index in [0.29, 0.717) is 11.9 Å². The van der Waals surface area contributed by atoms with E-state index in [-0.39, 0.29) is 31.5 Å². The number of anilines is 1. The highest BCUT2D eigenvalue weighted by atomic mass is 19.4. The maximum absolute atomic E-state index is 13.9. The van der Waals surface area contributed by atoms with Gasteiger partial charge in [0.1, 0.15) is 5.82 Å². The van der Waals surface area contributed by atoms with Crippen molar-refractivity contribution in [1.82, 2.24) is 15.1 Å². The number of benzene rings is 2. The molecule has 4 rings (SSSR count). The molecule has 3 aromatic rings. The summed E-state index contributed by atoms with van der Waals surface area (Å²) in [4.78, 5) is 14.1. The number of rotatable bonds is 2. The number of aromatic nitrogens is 2. The molecule has 0 saturated carbocycles. The summed E-state index contributed by atoms with van der Waals surface area (Å²) in [6, 6.07) is 11.1. The van der Waals surface area contributed by atoms with Crippen molar-refractivity contribution in [2.24, 2.45) is 0 Å². The third kappa shape index (κ3) is 3.91. The van der Waals surface area contributed by atoms with Crippen LogP contribution in [0.2, 0.25) is 0 Å². The average molecular weight is 431 g/mol. The number of alkyl halides is 3. The van der Waals surface area contributed by atoms with Crippen LogP contribution in [0.25, 0.3) is 10.9 Å². The van der Waals surface area contributed by atoms with Gasteiger partial charge in [-0.3, -0.25) is 10.4 Å². The third-order valence-electron chi connectivity index (χ3n) is 5.59. The summed E-state index contributed by atoms with van der Waals surface area (Å²) in [5.41, 5.74) is -1.72. The van der Waals surface area contributed by atoms with Gasteiger partial charge in [-0.25, -0.2) is 9.18 Å². The zero-order chi connectivity index (χ0) is 22.2. The Kier molecular flexibility index (Phi) is 5.05. The van der Waals surface area contributed by atoms with Gasteiger partial charge in [0.2, 0.25) is 0 Å². The van der Waals surface area contributed by atoms with E-state index in [4.69, 9.17) is 0 Å². The number of likely N-dealkylation sites (tertiary alicyclic amines) is 1. The van der Waals surface area contributed by atoms with Crippen molar-refractivity contribution in [3.05, 3.63) is 59.4 Å². The number of urea groups is 1. The Labute approximate surface area is 174 Å². The lowest BCUT2D eigenvalue weighted by molar-refractivity contribution is -0.137. The molecule has 0 bridgehead atoms.